The number of benzene rings is 1. The van der Waals surface area contributed by atoms with Crippen molar-refractivity contribution in [3.8, 4) is 6.07 Å². The van der Waals surface area contributed by atoms with E-state index in [0.29, 0.717) is 31.7 Å². The third kappa shape index (κ3) is 4.58. The summed E-state index contributed by atoms with van der Waals surface area (Å²) < 4.78 is 4.93. The Hall–Kier alpha value is -2.59. The van der Waals surface area contributed by atoms with Crippen LogP contribution < -0.4 is 4.90 Å². The van der Waals surface area contributed by atoms with Gasteiger partial charge in [-0.1, -0.05) is 0 Å². The minimum absolute atomic E-state index is 0.0411. The lowest BCUT2D eigenvalue weighted by molar-refractivity contribution is -0.142. The predicted octanol–water partition coefficient (Wildman–Crippen LogP) is 1.09. The summed E-state index contributed by atoms with van der Waals surface area (Å²) in [6.07, 6.45) is 1.70. The Morgan fingerprint density at radius 3 is 2.44 bits per heavy atom. The van der Waals surface area contributed by atoms with Crippen molar-refractivity contribution < 1.29 is 14.3 Å². The third-order valence-corrected chi connectivity index (χ3v) is 5.34. The van der Waals surface area contributed by atoms with Crippen LogP contribution in [-0.2, 0) is 14.3 Å². The molecule has 0 aromatic heterocycles. The number of piperidine rings is 1. The van der Waals surface area contributed by atoms with Crippen LogP contribution in [-0.4, -0.2) is 74.6 Å². The lowest BCUT2D eigenvalue weighted by atomic mass is 9.96. The van der Waals surface area contributed by atoms with Crippen LogP contribution in [0.4, 0.5) is 5.69 Å². The largest absolute Gasteiger partial charge is 0.375 e. The van der Waals surface area contributed by atoms with Crippen molar-refractivity contribution in [2.24, 2.45) is 5.92 Å². The topological polar surface area (TPSA) is 76.9 Å². The Morgan fingerprint density at radius 1 is 1.11 bits per heavy atom. The highest BCUT2D eigenvalue weighted by atomic mass is 16.5. The van der Waals surface area contributed by atoms with E-state index >= 15 is 0 Å². The summed E-state index contributed by atoms with van der Waals surface area (Å²) in [6.45, 7) is 4.19. The number of hydrogen-bond acceptors (Lipinski definition) is 5. The predicted molar refractivity (Wildman–Crippen MR) is 101 cm³/mol. The molecule has 1 aromatic carbocycles. The van der Waals surface area contributed by atoms with Gasteiger partial charge < -0.3 is 19.4 Å². The van der Waals surface area contributed by atoms with E-state index in [4.69, 9.17) is 10.00 Å². The molecule has 0 unspecified atom stereocenters. The molecule has 2 saturated heterocycles. The molecule has 2 aliphatic heterocycles. The smallest absolute Gasteiger partial charge is 0.248 e. The maximum absolute atomic E-state index is 12.9. The zero-order valence-corrected chi connectivity index (χ0v) is 15.8. The number of rotatable bonds is 4. The van der Waals surface area contributed by atoms with Gasteiger partial charge in [0.25, 0.3) is 0 Å². The van der Waals surface area contributed by atoms with Crippen LogP contribution in [0.3, 0.4) is 0 Å². The highest BCUT2D eigenvalue weighted by Gasteiger charge is 2.32. The first-order valence-electron chi connectivity index (χ1n) is 9.43. The molecule has 0 N–H and O–H groups in total. The number of likely N-dealkylation sites (tertiary alicyclic amines) is 1. The average molecular weight is 370 g/mol. The maximum Gasteiger partial charge on any atom is 0.248 e. The maximum atomic E-state index is 12.9. The molecule has 1 atom stereocenters. The van der Waals surface area contributed by atoms with Crippen molar-refractivity contribution in [1.82, 2.24) is 9.80 Å². The SMILES string of the molecule is COCC(=O)N1CCC[C@@H](C(=O)N2CCN(c3ccc(C#N)cc3)CC2)C1. The molecule has 7 heteroatoms. The van der Waals surface area contributed by atoms with Crippen molar-refractivity contribution in [2.75, 3.05) is 57.9 Å². The summed E-state index contributed by atoms with van der Waals surface area (Å²) in [5.41, 5.74) is 1.73. The third-order valence-electron chi connectivity index (χ3n) is 5.34. The number of nitriles is 1. The zero-order valence-electron chi connectivity index (χ0n) is 15.8. The quantitative estimate of drug-likeness (QED) is 0.793. The zero-order chi connectivity index (χ0) is 19.2. The first-order valence-corrected chi connectivity index (χ1v) is 9.43. The molecule has 2 fully saturated rings. The fourth-order valence-electron chi connectivity index (χ4n) is 3.81. The number of piperazine rings is 1. The summed E-state index contributed by atoms with van der Waals surface area (Å²) >= 11 is 0. The van der Waals surface area contributed by atoms with Crippen LogP contribution in [0.25, 0.3) is 0 Å². The van der Waals surface area contributed by atoms with Crippen molar-refractivity contribution in [3.63, 3.8) is 0 Å². The Morgan fingerprint density at radius 2 is 1.81 bits per heavy atom. The number of carbonyl (C=O) groups excluding carboxylic acids is 2. The first kappa shape index (κ1) is 19.2. The van der Waals surface area contributed by atoms with Crippen LogP contribution in [0.15, 0.2) is 24.3 Å². The number of hydrogen-bond donors (Lipinski definition) is 0. The van der Waals surface area contributed by atoms with Gasteiger partial charge in [0.1, 0.15) is 6.61 Å². The van der Waals surface area contributed by atoms with Gasteiger partial charge in [-0.25, -0.2) is 0 Å². The molecular weight excluding hydrogens is 344 g/mol. The van der Waals surface area contributed by atoms with E-state index in [1.165, 1.54) is 7.11 Å². The average Bonchev–Trinajstić information content (AvgIpc) is 2.73. The van der Waals surface area contributed by atoms with E-state index in [1.54, 1.807) is 4.90 Å². The normalized spacial score (nSPS) is 20.3. The molecule has 0 radical (unpaired) electrons. The minimum Gasteiger partial charge on any atom is -0.375 e. The van der Waals surface area contributed by atoms with Crippen molar-refractivity contribution >= 4 is 17.5 Å². The molecule has 0 aliphatic carbocycles. The Kier molecular flexibility index (Phi) is 6.30. The molecule has 2 amide bonds. The summed E-state index contributed by atoms with van der Waals surface area (Å²) in [7, 11) is 1.51. The van der Waals surface area contributed by atoms with Crippen molar-refractivity contribution in [1.29, 1.82) is 5.26 Å². The van der Waals surface area contributed by atoms with Crippen molar-refractivity contribution in [2.45, 2.75) is 12.8 Å². The van der Waals surface area contributed by atoms with Gasteiger partial charge in [0.05, 0.1) is 17.6 Å². The van der Waals surface area contributed by atoms with E-state index in [1.807, 2.05) is 29.2 Å². The number of carbonyl (C=O) groups is 2. The summed E-state index contributed by atoms with van der Waals surface area (Å²) in [5.74, 6) is 0.00560. The van der Waals surface area contributed by atoms with E-state index in [0.717, 1.165) is 31.6 Å². The van der Waals surface area contributed by atoms with Gasteiger partial charge in [0.2, 0.25) is 11.8 Å². The Labute approximate surface area is 160 Å². The first-order chi connectivity index (χ1) is 13.1. The molecule has 1 aromatic rings. The lowest BCUT2D eigenvalue weighted by Gasteiger charge is -2.39. The fraction of sp³-hybridized carbons (Fsp3) is 0.550. The molecule has 0 saturated carbocycles. The van der Waals surface area contributed by atoms with Crippen LogP contribution in [0, 0.1) is 17.2 Å². The highest BCUT2D eigenvalue weighted by molar-refractivity contribution is 5.82. The molecular formula is C20H26N4O3. The van der Waals surface area contributed by atoms with Gasteiger partial charge in [-0.05, 0) is 37.1 Å². The standard InChI is InChI=1S/C20H26N4O3/c1-27-15-19(25)24-8-2-3-17(14-24)20(26)23-11-9-22(10-12-23)18-6-4-16(13-21)5-7-18/h4-7,17H,2-3,8-12,14-15H2,1H3/t17-/m1/s1. The molecule has 27 heavy (non-hydrogen) atoms. The van der Waals surface area contributed by atoms with E-state index in [2.05, 4.69) is 11.0 Å². The second-order valence-electron chi connectivity index (χ2n) is 7.08. The van der Waals surface area contributed by atoms with Gasteiger partial charge in [-0.2, -0.15) is 5.26 Å². The summed E-state index contributed by atoms with van der Waals surface area (Å²) in [5, 5.41) is 8.90. The number of anilines is 1. The second kappa shape index (κ2) is 8.87. The second-order valence-corrected chi connectivity index (χ2v) is 7.08. The van der Waals surface area contributed by atoms with E-state index in [9.17, 15) is 9.59 Å². The van der Waals surface area contributed by atoms with Crippen LogP contribution in [0.2, 0.25) is 0 Å². The number of nitrogens with zero attached hydrogens (tertiary/aromatic N) is 4. The minimum atomic E-state index is -0.110. The van der Waals surface area contributed by atoms with E-state index in [-0.39, 0.29) is 24.3 Å². The van der Waals surface area contributed by atoms with Gasteiger partial charge in [-0.15, -0.1) is 0 Å². The molecule has 2 aliphatic rings. The van der Waals surface area contributed by atoms with Crippen LogP contribution in [0.1, 0.15) is 18.4 Å². The Balaban J connectivity index is 1.53. The lowest BCUT2D eigenvalue weighted by Crippen LogP contribution is -2.53. The molecule has 7 nitrogen and oxygen atoms in total. The monoisotopic (exact) mass is 370 g/mol. The molecule has 144 valence electrons. The van der Waals surface area contributed by atoms with Gasteiger partial charge >= 0.3 is 0 Å². The number of methoxy groups -OCH3 is 1. The molecule has 0 bridgehead atoms. The van der Waals surface area contributed by atoms with Gasteiger partial charge in [0, 0.05) is 52.1 Å². The number of ether oxygens (including phenoxy) is 1. The fourth-order valence-corrected chi connectivity index (χ4v) is 3.81. The van der Waals surface area contributed by atoms with Crippen LogP contribution >= 0.6 is 0 Å². The van der Waals surface area contributed by atoms with Crippen LogP contribution in [0.5, 0.6) is 0 Å². The number of amides is 2. The summed E-state index contributed by atoms with van der Waals surface area (Å²) in [4.78, 5) is 30.9. The molecule has 2 heterocycles. The Bertz CT molecular complexity index is 705. The molecule has 0 spiro atoms. The van der Waals surface area contributed by atoms with Gasteiger partial charge in [0.15, 0.2) is 0 Å². The summed E-state index contributed by atoms with van der Waals surface area (Å²) in [6, 6.07) is 9.68. The highest BCUT2D eigenvalue weighted by Crippen LogP contribution is 2.22. The van der Waals surface area contributed by atoms with Crippen molar-refractivity contribution in [3.05, 3.63) is 29.8 Å². The van der Waals surface area contributed by atoms with E-state index < -0.39 is 0 Å². The molecule has 3 rings (SSSR count). The van der Waals surface area contributed by atoms with Gasteiger partial charge in [-0.3, -0.25) is 9.59 Å².